The quantitative estimate of drug-likeness (QED) is 0.492. The molecular formula is C8H16. The summed E-state index contributed by atoms with van der Waals surface area (Å²) in [5.41, 5.74) is 0. The molecule has 0 heteroatoms. The average Bonchev–Trinajstić information content (AvgIpc) is 1.68. The number of allylic oxidation sites excluding steroid dienone is 2. The highest BCUT2D eigenvalue weighted by Gasteiger charge is 1.90. The third-order valence-electron chi connectivity index (χ3n) is 1.26. The van der Waals surface area contributed by atoms with Gasteiger partial charge < -0.3 is 0 Å². The van der Waals surface area contributed by atoms with Crippen LogP contribution in [-0.4, -0.2) is 0 Å². The van der Waals surface area contributed by atoms with Crippen LogP contribution in [0.3, 0.4) is 0 Å². The molecule has 0 amide bonds. The fourth-order valence-electron chi connectivity index (χ4n) is 0.880. The lowest BCUT2D eigenvalue weighted by Crippen LogP contribution is -1.85. The van der Waals surface area contributed by atoms with Crippen LogP contribution in [0.4, 0.5) is 0 Å². The lowest BCUT2D eigenvalue weighted by Gasteiger charge is -1.99. The summed E-state index contributed by atoms with van der Waals surface area (Å²) in [5.74, 6) is 0.782. The Hall–Kier alpha value is -0.260. The van der Waals surface area contributed by atoms with Gasteiger partial charge in [-0.15, -0.1) is 0 Å². The molecule has 0 saturated carbocycles. The minimum Gasteiger partial charge on any atom is -0.0914 e. The fraction of sp³-hybridized carbons (Fsp3) is 0.750. The number of hydrogen-bond donors (Lipinski definition) is 0. The smallest absolute Gasteiger partial charge is 0.0262 e. The topological polar surface area (TPSA) is 0 Å². The van der Waals surface area contributed by atoms with Crippen LogP contribution in [0, 0.1) is 5.92 Å². The fourth-order valence-corrected chi connectivity index (χ4v) is 0.880. The van der Waals surface area contributed by atoms with Crippen molar-refractivity contribution in [1.29, 1.82) is 0 Å². The molecule has 0 saturated heterocycles. The van der Waals surface area contributed by atoms with Gasteiger partial charge >= 0.3 is 0 Å². The van der Waals surface area contributed by atoms with Crippen LogP contribution in [-0.2, 0) is 0 Å². The summed E-state index contributed by atoms with van der Waals surface area (Å²) in [4.78, 5) is 0. The zero-order valence-electron chi connectivity index (χ0n) is 6.15. The van der Waals surface area contributed by atoms with Crippen molar-refractivity contribution in [2.45, 2.75) is 33.6 Å². The number of rotatable bonds is 3. The SMILES string of the molecule is CC=CC(C)CCC. The molecule has 0 N–H and O–H groups in total. The van der Waals surface area contributed by atoms with Gasteiger partial charge in [0.25, 0.3) is 0 Å². The Bertz CT molecular complexity index is 62.4. The summed E-state index contributed by atoms with van der Waals surface area (Å²) in [6.45, 7) is 6.55. The van der Waals surface area contributed by atoms with Crippen molar-refractivity contribution in [2.75, 3.05) is 0 Å². The standard InChI is InChI=1S/C8H16/c1-4-6-8(3)7-5-2/h4,6,8H,5,7H2,1-3H3. The van der Waals surface area contributed by atoms with E-state index in [-0.39, 0.29) is 0 Å². The van der Waals surface area contributed by atoms with E-state index in [0.717, 1.165) is 5.92 Å². The van der Waals surface area contributed by atoms with E-state index in [0.29, 0.717) is 0 Å². The molecule has 0 aromatic rings. The molecule has 0 fully saturated rings. The molecule has 0 radical (unpaired) electrons. The zero-order valence-corrected chi connectivity index (χ0v) is 6.15. The molecular weight excluding hydrogens is 96.1 g/mol. The summed E-state index contributed by atoms with van der Waals surface area (Å²) in [6, 6.07) is 0. The third kappa shape index (κ3) is 3.91. The van der Waals surface area contributed by atoms with Gasteiger partial charge in [-0.25, -0.2) is 0 Å². The number of hydrogen-bond acceptors (Lipinski definition) is 0. The van der Waals surface area contributed by atoms with Gasteiger partial charge in [0.1, 0.15) is 0 Å². The van der Waals surface area contributed by atoms with Crippen LogP contribution in [0.2, 0.25) is 0 Å². The Labute approximate surface area is 52.6 Å². The van der Waals surface area contributed by atoms with Gasteiger partial charge in [-0.2, -0.15) is 0 Å². The molecule has 0 aliphatic carbocycles. The Morgan fingerprint density at radius 3 is 2.50 bits per heavy atom. The molecule has 1 unspecified atom stereocenters. The summed E-state index contributed by atoms with van der Waals surface area (Å²) in [7, 11) is 0. The Morgan fingerprint density at radius 1 is 1.50 bits per heavy atom. The minimum absolute atomic E-state index is 0.782. The maximum Gasteiger partial charge on any atom is -0.0262 e. The summed E-state index contributed by atoms with van der Waals surface area (Å²) >= 11 is 0. The van der Waals surface area contributed by atoms with Gasteiger partial charge in [-0.3, -0.25) is 0 Å². The van der Waals surface area contributed by atoms with Crippen molar-refractivity contribution in [3.8, 4) is 0 Å². The normalized spacial score (nSPS) is 14.9. The van der Waals surface area contributed by atoms with Crippen LogP contribution in [0.15, 0.2) is 12.2 Å². The lowest BCUT2D eigenvalue weighted by molar-refractivity contribution is 0.633. The van der Waals surface area contributed by atoms with E-state index in [9.17, 15) is 0 Å². The van der Waals surface area contributed by atoms with E-state index in [1.54, 1.807) is 0 Å². The van der Waals surface area contributed by atoms with Crippen LogP contribution >= 0.6 is 0 Å². The van der Waals surface area contributed by atoms with Crippen LogP contribution in [0.1, 0.15) is 33.6 Å². The molecule has 0 spiro atoms. The van der Waals surface area contributed by atoms with E-state index in [2.05, 4.69) is 32.9 Å². The van der Waals surface area contributed by atoms with E-state index in [1.807, 2.05) is 0 Å². The summed E-state index contributed by atoms with van der Waals surface area (Å²) < 4.78 is 0. The van der Waals surface area contributed by atoms with Crippen LogP contribution < -0.4 is 0 Å². The van der Waals surface area contributed by atoms with Crippen molar-refractivity contribution in [1.82, 2.24) is 0 Å². The largest absolute Gasteiger partial charge is 0.0914 e. The second-order valence-corrected chi connectivity index (χ2v) is 2.29. The molecule has 1 atom stereocenters. The van der Waals surface area contributed by atoms with Crippen molar-refractivity contribution >= 4 is 0 Å². The van der Waals surface area contributed by atoms with Gasteiger partial charge in [-0.1, -0.05) is 32.4 Å². The highest BCUT2D eigenvalue weighted by Crippen LogP contribution is 2.05. The second-order valence-electron chi connectivity index (χ2n) is 2.29. The molecule has 0 aromatic heterocycles. The van der Waals surface area contributed by atoms with Crippen LogP contribution in [0.25, 0.3) is 0 Å². The van der Waals surface area contributed by atoms with E-state index in [1.165, 1.54) is 12.8 Å². The second kappa shape index (κ2) is 4.89. The molecule has 8 heavy (non-hydrogen) atoms. The Balaban J connectivity index is 3.17. The van der Waals surface area contributed by atoms with Crippen molar-refractivity contribution < 1.29 is 0 Å². The van der Waals surface area contributed by atoms with Gasteiger partial charge in [0, 0.05) is 0 Å². The maximum atomic E-state index is 2.25. The summed E-state index contributed by atoms with van der Waals surface area (Å²) in [5, 5.41) is 0. The maximum absolute atomic E-state index is 2.25. The van der Waals surface area contributed by atoms with Gasteiger partial charge in [0.15, 0.2) is 0 Å². The van der Waals surface area contributed by atoms with E-state index >= 15 is 0 Å². The molecule has 0 rings (SSSR count). The first-order valence-corrected chi connectivity index (χ1v) is 3.44. The van der Waals surface area contributed by atoms with Gasteiger partial charge in [-0.05, 0) is 19.3 Å². The first-order valence-electron chi connectivity index (χ1n) is 3.44. The molecule has 0 aromatic carbocycles. The molecule has 0 aliphatic rings. The van der Waals surface area contributed by atoms with Crippen molar-refractivity contribution in [2.24, 2.45) is 5.92 Å². The molecule has 48 valence electrons. The molecule has 0 aliphatic heterocycles. The highest BCUT2D eigenvalue weighted by molar-refractivity contribution is 4.82. The molecule has 0 nitrogen and oxygen atoms in total. The molecule has 0 bridgehead atoms. The highest BCUT2D eigenvalue weighted by atomic mass is 14.0. The lowest BCUT2D eigenvalue weighted by atomic mass is 10.1. The van der Waals surface area contributed by atoms with Gasteiger partial charge in [0.2, 0.25) is 0 Å². The predicted octanol–water partition coefficient (Wildman–Crippen LogP) is 3.00. The first kappa shape index (κ1) is 7.74. The van der Waals surface area contributed by atoms with Crippen LogP contribution in [0.5, 0.6) is 0 Å². The third-order valence-corrected chi connectivity index (χ3v) is 1.26. The summed E-state index contributed by atoms with van der Waals surface area (Å²) in [6.07, 6.45) is 7.00. The first-order chi connectivity index (χ1) is 3.81. The van der Waals surface area contributed by atoms with Crippen molar-refractivity contribution in [3.05, 3.63) is 12.2 Å². The van der Waals surface area contributed by atoms with Crippen molar-refractivity contribution in [3.63, 3.8) is 0 Å². The van der Waals surface area contributed by atoms with E-state index in [4.69, 9.17) is 0 Å². The average molecular weight is 112 g/mol. The zero-order chi connectivity index (χ0) is 6.41. The van der Waals surface area contributed by atoms with E-state index < -0.39 is 0 Å². The Kier molecular flexibility index (Phi) is 4.73. The van der Waals surface area contributed by atoms with Gasteiger partial charge in [0.05, 0.1) is 0 Å². The minimum atomic E-state index is 0.782. The predicted molar refractivity (Wildman–Crippen MR) is 38.9 cm³/mol. The molecule has 0 heterocycles. The Morgan fingerprint density at radius 2 is 2.12 bits per heavy atom. The monoisotopic (exact) mass is 112 g/mol.